The van der Waals surface area contributed by atoms with E-state index in [1.54, 1.807) is 12.1 Å². The summed E-state index contributed by atoms with van der Waals surface area (Å²) in [5, 5.41) is 3.64. The Morgan fingerprint density at radius 3 is 2.52 bits per heavy atom. The summed E-state index contributed by atoms with van der Waals surface area (Å²) >= 11 is 7.35. The van der Waals surface area contributed by atoms with Crippen LogP contribution in [0.3, 0.4) is 0 Å². The predicted molar refractivity (Wildman–Crippen MR) is 83.7 cm³/mol. The maximum atomic E-state index is 11.6. The SMILES string of the molecule is CNS(=O)(=O)c1ccc(NCc2snc(OC)c2Cl)cc1. The van der Waals surface area contributed by atoms with Crippen molar-refractivity contribution in [2.45, 2.75) is 11.4 Å². The lowest BCUT2D eigenvalue weighted by Crippen LogP contribution is -2.18. The Balaban J connectivity index is 2.06. The number of hydrogen-bond acceptors (Lipinski definition) is 6. The molecular weight excluding hydrogens is 334 g/mol. The van der Waals surface area contributed by atoms with Gasteiger partial charge in [-0.2, -0.15) is 4.37 Å². The molecule has 0 fully saturated rings. The molecule has 0 atom stereocenters. The highest BCUT2D eigenvalue weighted by molar-refractivity contribution is 7.89. The Kier molecular flexibility index (Phi) is 5.04. The van der Waals surface area contributed by atoms with Gasteiger partial charge in [-0.25, -0.2) is 13.1 Å². The van der Waals surface area contributed by atoms with Gasteiger partial charge >= 0.3 is 0 Å². The first kappa shape index (κ1) is 16.0. The molecule has 0 aliphatic heterocycles. The Morgan fingerprint density at radius 2 is 2.00 bits per heavy atom. The van der Waals surface area contributed by atoms with Crippen LogP contribution in [-0.4, -0.2) is 26.9 Å². The van der Waals surface area contributed by atoms with Gasteiger partial charge in [0, 0.05) is 5.69 Å². The van der Waals surface area contributed by atoms with Crippen molar-refractivity contribution in [3.05, 3.63) is 34.2 Å². The molecule has 0 amide bonds. The van der Waals surface area contributed by atoms with Crippen molar-refractivity contribution in [1.29, 1.82) is 0 Å². The highest BCUT2D eigenvalue weighted by atomic mass is 35.5. The fourth-order valence-electron chi connectivity index (χ4n) is 1.58. The molecule has 1 aromatic heterocycles. The zero-order valence-electron chi connectivity index (χ0n) is 11.4. The highest BCUT2D eigenvalue weighted by Gasteiger charge is 2.13. The number of methoxy groups -OCH3 is 1. The summed E-state index contributed by atoms with van der Waals surface area (Å²) in [6.07, 6.45) is 0. The topological polar surface area (TPSA) is 80.3 Å². The largest absolute Gasteiger partial charge is 0.479 e. The van der Waals surface area contributed by atoms with Gasteiger partial charge in [0.05, 0.1) is 23.4 Å². The van der Waals surface area contributed by atoms with Crippen molar-refractivity contribution in [3.8, 4) is 5.88 Å². The molecule has 1 heterocycles. The van der Waals surface area contributed by atoms with Crippen molar-refractivity contribution in [1.82, 2.24) is 9.10 Å². The minimum atomic E-state index is -3.41. The number of aromatic nitrogens is 1. The number of ether oxygens (including phenoxy) is 1. The monoisotopic (exact) mass is 347 g/mol. The van der Waals surface area contributed by atoms with Crippen LogP contribution in [0.2, 0.25) is 5.02 Å². The van der Waals surface area contributed by atoms with Gasteiger partial charge in [-0.3, -0.25) is 0 Å². The Hall–Kier alpha value is -1.35. The van der Waals surface area contributed by atoms with E-state index in [1.165, 1.54) is 37.8 Å². The maximum Gasteiger partial charge on any atom is 0.244 e. The zero-order valence-corrected chi connectivity index (χ0v) is 13.8. The molecule has 0 bridgehead atoms. The number of nitrogens with one attached hydrogen (secondary N) is 2. The molecular formula is C12H14ClN3O3S2. The number of sulfonamides is 1. The van der Waals surface area contributed by atoms with Crippen LogP contribution in [-0.2, 0) is 16.6 Å². The van der Waals surface area contributed by atoms with Crippen molar-refractivity contribution in [2.75, 3.05) is 19.5 Å². The number of hydrogen-bond donors (Lipinski definition) is 2. The minimum Gasteiger partial charge on any atom is -0.479 e. The van der Waals surface area contributed by atoms with Gasteiger partial charge < -0.3 is 10.1 Å². The van der Waals surface area contributed by atoms with Crippen LogP contribution in [0.25, 0.3) is 0 Å². The first-order valence-corrected chi connectivity index (χ1v) is 8.57. The molecule has 2 rings (SSSR count). The molecule has 0 spiro atoms. The highest BCUT2D eigenvalue weighted by Crippen LogP contribution is 2.31. The van der Waals surface area contributed by atoms with Gasteiger partial charge in [0.15, 0.2) is 0 Å². The summed E-state index contributed by atoms with van der Waals surface area (Å²) in [4.78, 5) is 1.06. The smallest absolute Gasteiger partial charge is 0.244 e. The van der Waals surface area contributed by atoms with E-state index in [1.807, 2.05) is 0 Å². The molecule has 0 radical (unpaired) electrons. The van der Waals surface area contributed by atoms with Gasteiger partial charge in [-0.15, -0.1) is 0 Å². The fraction of sp³-hybridized carbons (Fsp3) is 0.250. The maximum absolute atomic E-state index is 11.6. The van der Waals surface area contributed by atoms with Crippen LogP contribution < -0.4 is 14.8 Å². The fourth-order valence-corrected chi connectivity index (χ4v) is 3.32. The summed E-state index contributed by atoms with van der Waals surface area (Å²) in [7, 11) is -0.524. The molecule has 2 N–H and O–H groups in total. The molecule has 0 unspecified atom stereocenters. The minimum absolute atomic E-state index is 0.216. The van der Waals surface area contributed by atoms with Gasteiger partial charge in [-0.05, 0) is 42.8 Å². The lowest BCUT2D eigenvalue weighted by Gasteiger charge is -2.07. The first-order chi connectivity index (χ1) is 9.97. The molecule has 6 nitrogen and oxygen atoms in total. The van der Waals surface area contributed by atoms with Crippen molar-refractivity contribution >= 4 is 38.8 Å². The molecule has 1 aromatic carbocycles. The van der Waals surface area contributed by atoms with Gasteiger partial charge in [0.2, 0.25) is 15.9 Å². The number of benzene rings is 1. The number of anilines is 1. The van der Waals surface area contributed by atoms with Crippen LogP contribution in [0.15, 0.2) is 29.2 Å². The summed E-state index contributed by atoms with van der Waals surface area (Å²) in [5.74, 6) is 0.411. The zero-order chi connectivity index (χ0) is 15.5. The van der Waals surface area contributed by atoms with Crippen molar-refractivity contribution in [2.24, 2.45) is 0 Å². The van der Waals surface area contributed by atoms with Gasteiger partial charge in [0.1, 0.15) is 5.02 Å². The number of nitrogens with zero attached hydrogens (tertiary/aromatic N) is 1. The average Bonchev–Trinajstić information content (AvgIpc) is 2.86. The summed E-state index contributed by atoms with van der Waals surface area (Å²) < 4.78 is 34.5. The van der Waals surface area contributed by atoms with Crippen LogP contribution in [0.4, 0.5) is 5.69 Å². The molecule has 114 valence electrons. The normalized spacial score (nSPS) is 11.4. The van der Waals surface area contributed by atoms with Crippen LogP contribution >= 0.6 is 23.1 Å². The lowest BCUT2D eigenvalue weighted by molar-refractivity contribution is 0.402. The van der Waals surface area contributed by atoms with E-state index in [2.05, 4.69) is 14.4 Å². The Labute approximate surface area is 132 Å². The second kappa shape index (κ2) is 6.61. The molecule has 0 saturated carbocycles. The lowest BCUT2D eigenvalue weighted by atomic mass is 10.3. The standard InChI is InChI=1S/C12H14ClN3O3S2/c1-14-21(17,18)9-5-3-8(4-6-9)15-7-10-11(13)12(19-2)16-20-10/h3-6,14-15H,7H2,1-2H3. The molecule has 9 heteroatoms. The number of rotatable bonds is 6. The Morgan fingerprint density at radius 1 is 1.33 bits per heavy atom. The van der Waals surface area contributed by atoms with E-state index in [-0.39, 0.29) is 4.90 Å². The third kappa shape index (κ3) is 3.65. The predicted octanol–water partition coefficient (Wildman–Crippen LogP) is 2.33. The van der Waals surface area contributed by atoms with Gasteiger partial charge in [0.25, 0.3) is 0 Å². The van der Waals surface area contributed by atoms with Crippen LogP contribution in [0.5, 0.6) is 5.88 Å². The second-order valence-electron chi connectivity index (χ2n) is 4.01. The first-order valence-electron chi connectivity index (χ1n) is 5.93. The average molecular weight is 348 g/mol. The van der Waals surface area contributed by atoms with Crippen molar-refractivity contribution in [3.63, 3.8) is 0 Å². The van der Waals surface area contributed by atoms with Gasteiger partial charge in [-0.1, -0.05) is 11.6 Å². The van der Waals surface area contributed by atoms with E-state index >= 15 is 0 Å². The summed E-state index contributed by atoms with van der Waals surface area (Å²) in [6, 6.07) is 6.44. The summed E-state index contributed by atoms with van der Waals surface area (Å²) in [5.41, 5.74) is 0.786. The molecule has 0 aliphatic carbocycles. The molecule has 21 heavy (non-hydrogen) atoms. The molecule has 2 aromatic rings. The van der Waals surface area contributed by atoms with Crippen LogP contribution in [0, 0.1) is 0 Å². The van der Waals surface area contributed by atoms with E-state index < -0.39 is 10.0 Å². The third-order valence-electron chi connectivity index (χ3n) is 2.75. The third-order valence-corrected chi connectivity index (χ3v) is 5.51. The van der Waals surface area contributed by atoms with Crippen LogP contribution in [0.1, 0.15) is 4.88 Å². The van der Waals surface area contributed by atoms with E-state index in [4.69, 9.17) is 16.3 Å². The van der Waals surface area contributed by atoms with E-state index in [0.29, 0.717) is 17.4 Å². The molecule has 0 saturated heterocycles. The molecule has 0 aliphatic rings. The van der Waals surface area contributed by atoms with Crippen molar-refractivity contribution < 1.29 is 13.2 Å². The van der Waals surface area contributed by atoms with E-state index in [9.17, 15) is 8.42 Å². The number of halogens is 1. The Bertz CT molecular complexity index is 714. The quantitative estimate of drug-likeness (QED) is 0.838. The van der Waals surface area contributed by atoms with E-state index in [0.717, 1.165) is 10.6 Å². The second-order valence-corrected chi connectivity index (χ2v) is 7.14. The summed E-state index contributed by atoms with van der Waals surface area (Å²) in [6.45, 7) is 0.484.